The number of hydrogen-bond acceptors (Lipinski definition) is 4. The van der Waals surface area contributed by atoms with Crippen LogP contribution in [0.5, 0.6) is 5.75 Å². The normalized spacial score (nSPS) is 12.7. The van der Waals surface area contributed by atoms with E-state index in [4.69, 9.17) is 4.74 Å². The molecule has 4 amide bonds. The Morgan fingerprint density at radius 1 is 1.11 bits per heavy atom. The number of anilines is 3. The average molecular weight is 433 g/mol. The van der Waals surface area contributed by atoms with E-state index >= 15 is 0 Å². The van der Waals surface area contributed by atoms with Crippen molar-refractivity contribution in [3.63, 3.8) is 0 Å². The van der Waals surface area contributed by atoms with Crippen molar-refractivity contribution in [3.8, 4) is 5.75 Å². The molecular weight excluding hydrogens is 416 g/mol. The molecule has 2 aromatic rings. The SMILES string of the molecule is CNC(=O)Nc1ccc(NC(=O)CN2C(=O)COc3cc(Br)ccc32)cc1. The fraction of sp³-hybridized carbons (Fsp3) is 0.167. The molecule has 0 saturated heterocycles. The molecule has 9 heteroatoms. The van der Waals surface area contributed by atoms with Crippen LogP contribution in [0.3, 0.4) is 0 Å². The monoisotopic (exact) mass is 432 g/mol. The number of nitrogens with one attached hydrogen (secondary N) is 3. The van der Waals surface area contributed by atoms with Crippen molar-refractivity contribution < 1.29 is 19.1 Å². The number of fused-ring (bicyclic) bond motifs is 1. The van der Waals surface area contributed by atoms with Crippen LogP contribution in [-0.4, -0.2) is 38.0 Å². The Kier molecular flexibility index (Phi) is 5.60. The summed E-state index contributed by atoms with van der Waals surface area (Å²) in [7, 11) is 1.52. The third-order valence-electron chi connectivity index (χ3n) is 3.82. The Morgan fingerprint density at radius 3 is 2.44 bits per heavy atom. The number of hydrogen-bond donors (Lipinski definition) is 3. The molecule has 0 aromatic heterocycles. The summed E-state index contributed by atoms with van der Waals surface area (Å²) < 4.78 is 6.23. The third kappa shape index (κ3) is 4.56. The molecule has 1 aliphatic rings. The maximum absolute atomic E-state index is 12.4. The molecule has 0 aliphatic carbocycles. The van der Waals surface area contributed by atoms with Gasteiger partial charge in [0.2, 0.25) is 5.91 Å². The minimum Gasteiger partial charge on any atom is -0.482 e. The largest absolute Gasteiger partial charge is 0.482 e. The van der Waals surface area contributed by atoms with Gasteiger partial charge in [-0.2, -0.15) is 0 Å². The van der Waals surface area contributed by atoms with Gasteiger partial charge in [-0.1, -0.05) is 15.9 Å². The molecule has 0 fully saturated rings. The first kappa shape index (κ1) is 18.7. The number of amides is 4. The zero-order valence-electron chi connectivity index (χ0n) is 14.4. The number of carbonyl (C=O) groups excluding carboxylic acids is 3. The Balaban J connectivity index is 1.66. The second-order valence-electron chi connectivity index (χ2n) is 5.71. The third-order valence-corrected chi connectivity index (χ3v) is 4.31. The number of benzene rings is 2. The molecule has 8 nitrogen and oxygen atoms in total. The van der Waals surface area contributed by atoms with Crippen LogP contribution in [0.1, 0.15) is 0 Å². The van der Waals surface area contributed by atoms with Gasteiger partial charge in [0.15, 0.2) is 6.61 Å². The lowest BCUT2D eigenvalue weighted by Gasteiger charge is -2.29. The van der Waals surface area contributed by atoms with Gasteiger partial charge < -0.3 is 20.7 Å². The Labute approximate surface area is 164 Å². The fourth-order valence-corrected chi connectivity index (χ4v) is 2.87. The lowest BCUT2D eigenvalue weighted by atomic mass is 10.2. The molecule has 3 rings (SSSR count). The Bertz CT molecular complexity index is 885. The number of ether oxygens (including phenoxy) is 1. The van der Waals surface area contributed by atoms with Crippen molar-refractivity contribution in [3.05, 3.63) is 46.9 Å². The van der Waals surface area contributed by atoms with E-state index in [0.717, 1.165) is 4.47 Å². The first-order chi connectivity index (χ1) is 13.0. The van der Waals surface area contributed by atoms with Gasteiger partial charge in [-0.25, -0.2) is 4.79 Å². The highest BCUT2D eigenvalue weighted by Crippen LogP contribution is 2.34. The molecule has 27 heavy (non-hydrogen) atoms. The van der Waals surface area contributed by atoms with Crippen molar-refractivity contribution >= 4 is 50.8 Å². The molecule has 0 bridgehead atoms. The molecule has 0 saturated carbocycles. The van der Waals surface area contributed by atoms with E-state index < -0.39 is 0 Å². The van der Waals surface area contributed by atoms with Crippen molar-refractivity contribution in [2.24, 2.45) is 0 Å². The summed E-state index contributed by atoms with van der Waals surface area (Å²) in [5.74, 6) is -0.0855. The number of urea groups is 1. The fourth-order valence-electron chi connectivity index (χ4n) is 2.53. The maximum atomic E-state index is 12.4. The molecule has 1 aliphatic heterocycles. The van der Waals surface area contributed by atoms with Gasteiger partial charge in [-0.3, -0.25) is 14.5 Å². The molecule has 1 heterocycles. The molecule has 0 spiro atoms. The number of halogens is 1. The summed E-state index contributed by atoms with van der Waals surface area (Å²) in [5, 5.41) is 7.81. The summed E-state index contributed by atoms with van der Waals surface area (Å²) in [5.41, 5.74) is 1.70. The van der Waals surface area contributed by atoms with Crippen molar-refractivity contribution in [2.45, 2.75) is 0 Å². The topological polar surface area (TPSA) is 99.8 Å². The zero-order valence-corrected chi connectivity index (χ0v) is 16.0. The predicted octanol–water partition coefficient (Wildman–Crippen LogP) is 2.56. The highest BCUT2D eigenvalue weighted by Gasteiger charge is 2.27. The second kappa shape index (κ2) is 8.09. The van der Waals surface area contributed by atoms with E-state index in [1.54, 1.807) is 42.5 Å². The van der Waals surface area contributed by atoms with E-state index in [0.29, 0.717) is 22.8 Å². The maximum Gasteiger partial charge on any atom is 0.318 e. The smallest absolute Gasteiger partial charge is 0.318 e. The Hall–Kier alpha value is -3.07. The van der Waals surface area contributed by atoms with Gasteiger partial charge in [0, 0.05) is 22.9 Å². The summed E-state index contributed by atoms with van der Waals surface area (Å²) in [6.07, 6.45) is 0. The van der Waals surface area contributed by atoms with Crippen LogP contribution < -0.4 is 25.6 Å². The molecule has 0 atom stereocenters. The highest BCUT2D eigenvalue weighted by atomic mass is 79.9. The van der Waals surface area contributed by atoms with Gasteiger partial charge in [0.1, 0.15) is 12.3 Å². The van der Waals surface area contributed by atoms with E-state index in [1.165, 1.54) is 11.9 Å². The lowest BCUT2D eigenvalue weighted by molar-refractivity contribution is -0.123. The van der Waals surface area contributed by atoms with Gasteiger partial charge >= 0.3 is 6.03 Å². The van der Waals surface area contributed by atoms with E-state index in [2.05, 4.69) is 31.9 Å². The predicted molar refractivity (Wildman–Crippen MR) is 105 cm³/mol. The van der Waals surface area contributed by atoms with Crippen LogP contribution in [0.4, 0.5) is 21.9 Å². The van der Waals surface area contributed by atoms with E-state index in [9.17, 15) is 14.4 Å². The van der Waals surface area contributed by atoms with Crippen LogP contribution in [0.2, 0.25) is 0 Å². The Morgan fingerprint density at radius 2 is 1.78 bits per heavy atom. The van der Waals surface area contributed by atoms with Crippen molar-refractivity contribution in [1.29, 1.82) is 0 Å². The lowest BCUT2D eigenvalue weighted by Crippen LogP contribution is -2.43. The highest BCUT2D eigenvalue weighted by molar-refractivity contribution is 9.10. The quantitative estimate of drug-likeness (QED) is 0.690. The molecule has 0 radical (unpaired) electrons. The van der Waals surface area contributed by atoms with Crippen LogP contribution in [0, 0.1) is 0 Å². The molecule has 0 unspecified atom stereocenters. The molecule has 140 valence electrons. The van der Waals surface area contributed by atoms with Crippen LogP contribution >= 0.6 is 15.9 Å². The zero-order chi connectivity index (χ0) is 19.4. The summed E-state index contributed by atoms with van der Waals surface area (Å²) in [6, 6.07) is 11.6. The first-order valence-corrected chi connectivity index (χ1v) is 8.87. The number of carbonyl (C=O) groups is 3. The van der Waals surface area contributed by atoms with Gasteiger partial charge in [-0.15, -0.1) is 0 Å². The summed E-state index contributed by atoms with van der Waals surface area (Å²) in [4.78, 5) is 37.2. The van der Waals surface area contributed by atoms with Gasteiger partial charge in [0.25, 0.3) is 5.91 Å². The molecule has 3 N–H and O–H groups in total. The van der Waals surface area contributed by atoms with E-state index in [-0.39, 0.29) is 31.0 Å². The van der Waals surface area contributed by atoms with Crippen molar-refractivity contribution in [1.82, 2.24) is 5.32 Å². The molecular formula is C18H17BrN4O4. The van der Waals surface area contributed by atoms with Crippen LogP contribution in [0.25, 0.3) is 0 Å². The van der Waals surface area contributed by atoms with Crippen LogP contribution in [-0.2, 0) is 9.59 Å². The number of rotatable bonds is 4. The van der Waals surface area contributed by atoms with E-state index in [1.807, 2.05) is 0 Å². The summed E-state index contributed by atoms with van der Waals surface area (Å²) >= 11 is 3.35. The van der Waals surface area contributed by atoms with Crippen molar-refractivity contribution in [2.75, 3.05) is 35.7 Å². The van der Waals surface area contributed by atoms with Gasteiger partial charge in [0.05, 0.1) is 5.69 Å². The van der Waals surface area contributed by atoms with Gasteiger partial charge in [-0.05, 0) is 42.5 Å². The minimum absolute atomic E-state index is 0.114. The average Bonchev–Trinajstić information content (AvgIpc) is 2.65. The molecule has 2 aromatic carbocycles. The first-order valence-electron chi connectivity index (χ1n) is 8.07. The summed E-state index contributed by atoms with van der Waals surface area (Å²) in [6.45, 7) is -0.244. The van der Waals surface area contributed by atoms with Crippen LogP contribution in [0.15, 0.2) is 46.9 Å². The number of nitrogens with zero attached hydrogens (tertiary/aromatic N) is 1. The second-order valence-corrected chi connectivity index (χ2v) is 6.63. The standard InChI is InChI=1S/C18H17BrN4O4/c1-20-18(26)22-13-5-3-12(4-6-13)21-16(24)9-23-14-7-2-11(19)8-15(14)27-10-17(23)25/h2-8H,9-10H2,1H3,(H,21,24)(H2,20,22,26). The minimum atomic E-state index is -0.342.